The third kappa shape index (κ3) is 1.74. The van der Waals surface area contributed by atoms with Gasteiger partial charge in [0.25, 0.3) is 0 Å². The van der Waals surface area contributed by atoms with Crippen LogP contribution in [-0.2, 0) is 0 Å². The second-order valence-electron chi connectivity index (χ2n) is 4.45. The normalized spacial score (nSPS) is 11.6. The van der Waals surface area contributed by atoms with Gasteiger partial charge in [-0.05, 0) is 5.92 Å². The van der Waals surface area contributed by atoms with E-state index in [0.717, 1.165) is 5.69 Å². The van der Waals surface area contributed by atoms with E-state index in [0.29, 0.717) is 27.8 Å². The van der Waals surface area contributed by atoms with E-state index >= 15 is 0 Å². The number of aromatic amines is 1. The number of imidazole rings is 1. The average Bonchev–Trinajstić information content (AvgIpc) is 2.96. The molecule has 3 aromatic rings. The number of hydrogen-bond acceptors (Lipinski definition) is 5. The Morgan fingerprint density at radius 1 is 1.32 bits per heavy atom. The summed E-state index contributed by atoms with van der Waals surface area (Å²) in [5.41, 5.74) is 7.98. The molecule has 19 heavy (non-hydrogen) atoms. The highest BCUT2D eigenvalue weighted by atomic mass is 35.5. The fraction of sp³-hybridized carbons (Fsp3) is 0.273. The molecule has 7 nitrogen and oxygen atoms in total. The van der Waals surface area contributed by atoms with Gasteiger partial charge in [-0.3, -0.25) is 0 Å². The quantitative estimate of drug-likeness (QED) is 0.745. The van der Waals surface area contributed by atoms with Crippen LogP contribution in [0.4, 0.5) is 5.82 Å². The highest BCUT2D eigenvalue weighted by Gasteiger charge is 2.19. The Kier molecular flexibility index (Phi) is 2.63. The Labute approximate surface area is 113 Å². The van der Waals surface area contributed by atoms with Gasteiger partial charge in [-0.2, -0.15) is 9.78 Å². The number of H-pyrrole nitrogens is 1. The molecular weight excluding hydrogens is 266 g/mol. The van der Waals surface area contributed by atoms with Gasteiger partial charge in [0.15, 0.2) is 11.5 Å². The Morgan fingerprint density at radius 2 is 2.11 bits per heavy atom. The molecule has 0 unspecified atom stereocenters. The molecular formula is C11H12ClN7. The van der Waals surface area contributed by atoms with Crippen molar-refractivity contribution in [2.45, 2.75) is 19.8 Å². The van der Waals surface area contributed by atoms with Crippen molar-refractivity contribution in [3.63, 3.8) is 0 Å². The largest absolute Gasteiger partial charge is 0.382 e. The van der Waals surface area contributed by atoms with Gasteiger partial charge in [0.2, 0.25) is 0 Å². The number of aromatic nitrogens is 6. The molecule has 0 amide bonds. The van der Waals surface area contributed by atoms with E-state index in [2.05, 4.69) is 25.0 Å². The van der Waals surface area contributed by atoms with Gasteiger partial charge in [0, 0.05) is 0 Å². The summed E-state index contributed by atoms with van der Waals surface area (Å²) in [7, 11) is 0. The highest BCUT2D eigenvalue weighted by molar-refractivity contribution is 6.33. The molecule has 0 bridgehead atoms. The topological polar surface area (TPSA) is 98.3 Å². The predicted octanol–water partition coefficient (Wildman–Crippen LogP) is 1.90. The molecule has 0 aliphatic carbocycles. The molecule has 0 aromatic carbocycles. The maximum Gasteiger partial charge on any atom is 0.184 e. The van der Waals surface area contributed by atoms with E-state index in [4.69, 9.17) is 17.3 Å². The molecule has 0 spiro atoms. The summed E-state index contributed by atoms with van der Waals surface area (Å²) in [5.74, 6) is 1.07. The zero-order valence-corrected chi connectivity index (χ0v) is 11.2. The Bertz CT molecular complexity index is 743. The van der Waals surface area contributed by atoms with Gasteiger partial charge in [0.05, 0.1) is 12.0 Å². The number of rotatable bonds is 2. The van der Waals surface area contributed by atoms with Crippen LogP contribution in [0.2, 0.25) is 5.02 Å². The molecule has 0 aliphatic rings. The van der Waals surface area contributed by atoms with Crippen LogP contribution in [0.3, 0.4) is 0 Å². The van der Waals surface area contributed by atoms with Crippen molar-refractivity contribution in [2.75, 3.05) is 5.73 Å². The first-order valence-electron chi connectivity index (χ1n) is 5.78. The van der Waals surface area contributed by atoms with Crippen molar-refractivity contribution >= 4 is 28.6 Å². The summed E-state index contributed by atoms with van der Waals surface area (Å²) in [5, 5.41) is 4.89. The molecule has 3 aromatic heterocycles. The Balaban J connectivity index is 2.27. The number of anilines is 1. The van der Waals surface area contributed by atoms with Crippen LogP contribution in [0.5, 0.6) is 0 Å². The SMILES string of the molecule is CC(C)c1nn(-c2ncnc3nc[nH]c23)c(N)c1Cl. The van der Waals surface area contributed by atoms with Crippen LogP contribution in [0.25, 0.3) is 17.0 Å². The van der Waals surface area contributed by atoms with E-state index in [1.54, 1.807) is 6.33 Å². The van der Waals surface area contributed by atoms with Crippen LogP contribution in [0.1, 0.15) is 25.5 Å². The van der Waals surface area contributed by atoms with E-state index in [1.165, 1.54) is 11.0 Å². The third-order valence-corrected chi connectivity index (χ3v) is 3.22. The first-order valence-corrected chi connectivity index (χ1v) is 6.15. The first-order chi connectivity index (χ1) is 9.09. The highest BCUT2D eigenvalue weighted by Crippen LogP contribution is 2.31. The van der Waals surface area contributed by atoms with Crippen LogP contribution in [-0.4, -0.2) is 29.7 Å². The van der Waals surface area contributed by atoms with E-state index < -0.39 is 0 Å². The van der Waals surface area contributed by atoms with Gasteiger partial charge in [-0.25, -0.2) is 15.0 Å². The lowest BCUT2D eigenvalue weighted by molar-refractivity contribution is 0.762. The minimum absolute atomic E-state index is 0.176. The van der Waals surface area contributed by atoms with Crippen LogP contribution >= 0.6 is 11.6 Å². The zero-order chi connectivity index (χ0) is 13.6. The van der Waals surface area contributed by atoms with E-state index in [1.807, 2.05) is 13.8 Å². The second-order valence-corrected chi connectivity index (χ2v) is 4.83. The zero-order valence-electron chi connectivity index (χ0n) is 10.4. The fourth-order valence-corrected chi connectivity index (χ4v) is 2.21. The van der Waals surface area contributed by atoms with Crippen molar-refractivity contribution < 1.29 is 0 Å². The average molecular weight is 278 g/mol. The van der Waals surface area contributed by atoms with Crippen molar-refractivity contribution in [2.24, 2.45) is 0 Å². The van der Waals surface area contributed by atoms with Crippen LogP contribution < -0.4 is 5.73 Å². The van der Waals surface area contributed by atoms with Crippen molar-refractivity contribution in [1.82, 2.24) is 29.7 Å². The summed E-state index contributed by atoms with van der Waals surface area (Å²) in [6.07, 6.45) is 2.97. The number of nitrogens with two attached hydrogens (primary N) is 1. The molecule has 3 N–H and O–H groups in total. The van der Waals surface area contributed by atoms with E-state index in [-0.39, 0.29) is 5.92 Å². The summed E-state index contributed by atoms with van der Waals surface area (Å²) < 4.78 is 1.51. The molecule has 0 aliphatic heterocycles. The molecule has 3 rings (SSSR count). The van der Waals surface area contributed by atoms with Gasteiger partial charge in [0.1, 0.15) is 22.7 Å². The van der Waals surface area contributed by atoms with Gasteiger partial charge < -0.3 is 10.7 Å². The lowest BCUT2D eigenvalue weighted by Gasteiger charge is -2.03. The number of halogens is 1. The Hall–Kier alpha value is -2.15. The molecule has 3 heterocycles. The van der Waals surface area contributed by atoms with Crippen LogP contribution in [0.15, 0.2) is 12.7 Å². The summed E-state index contributed by atoms with van der Waals surface area (Å²) in [6.45, 7) is 4.01. The molecule has 8 heteroatoms. The molecule has 0 saturated heterocycles. The molecule has 98 valence electrons. The summed E-state index contributed by atoms with van der Waals surface area (Å²) >= 11 is 6.21. The minimum atomic E-state index is 0.176. The van der Waals surface area contributed by atoms with Crippen molar-refractivity contribution in [3.8, 4) is 5.82 Å². The predicted molar refractivity (Wildman–Crippen MR) is 72.3 cm³/mol. The Morgan fingerprint density at radius 3 is 2.79 bits per heavy atom. The van der Waals surface area contributed by atoms with Crippen molar-refractivity contribution in [1.29, 1.82) is 0 Å². The second kappa shape index (κ2) is 4.20. The van der Waals surface area contributed by atoms with Crippen molar-refractivity contribution in [3.05, 3.63) is 23.4 Å². The molecule has 0 saturated carbocycles. The third-order valence-electron chi connectivity index (χ3n) is 2.84. The summed E-state index contributed by atoms with van der Waals surface area (Å²) in [6, 6.07) is 0. The smallest absolute Gasteiger partial charge is 0.184 e. The lowest BCUT2D eigenvalue weighted by atomic mass is 10.1. The molecule has 0 atom stereocenters. The van der Waals surface area contributed by atoms with Gasteiger partial charge in [-0.1, -0.05) is 25.4 Å². The minimum Gasteiger partial charge on any atom is -0.382 e. The van der Waals surface area contributed by atoms with Crippen LogP contribution in [0, 0.1) is 0 Å². The maximum absolute atomic E-state index is 6.21. The monoisotopic (exact) mass is 277 g/mol. The van der Waals surface area contributed by atoms with Gasteiger partial charge in [-0.15, -0.1) is 0 Å². The fourth-order valence-electron chi connectivity index (χ4n) is 1.87. The number of nitrogens with one attached hydrogen (secondary N) is 1. The standard InChI is InChI=1S/C11H12ClN7/c1-5(2)7-6(12)9(13)19(18-7)11-8-10(15-3-14-8)16-4-17-11/h3-5H,13H2,1-2H3,(H,14,15,16,17). The van der Waals surface area contributed by atoms with E-state index in [9.17, 15) is 0 Å². The first kappa shape index (κ1) is 11.9. The number of hydrogen-bond donors (Lipinski definition) is 2. The number of fused-ring (bicyclic) bond motifs is 1. The lowest BCUT2D eigenvalue weighted by Crippen LogP contribution is -2.06. The van der Waals surface area contributed by atoms with Gasteiger partial charge >= 0.3 is 0 Å². The number of nitrogen functional groups attached to an aromatic ring is 1. The summed E-state index contributed by atoms with van der Waals surface area (Å²) in [4.78, 5) is 15.3. The molecule has 0 fully saturated rings. The maximum atomic E-state index is 6.21. The molecule has 0 radical (unpaired) electrons. The number of nitrogens with zero attached hydrogens (tertiary/aromatic N) is 5.